The molecule has 0 aromatic heterocycles. The summed E-state index contributed by atoms with van der Waals surface area (Å²) in [5, 5.41) is 9.45. The molecule has 0 unspecified atom stereocenters. The van der Waals surface area contributed by atoms with Crippen LogP contribution in [0.2, 0.25) is 0 Å². The van der Waals surface area contributed by atoms with Crippen LogP contribution in [0.3, 0.4) is 0 Å². The van der Waals surface area contributed by atoms with Gasteiger partial charge in [0.05, 0.1) is 7.11 Å². The van der Waals surface area contributed by atoms with E-state index in [4.69, 9.17) is 4.74 Å². The first kappa shape index (κ1) is 12.6. The van der Waals surface area contributed by atoms with Crippen molar-refractivity contribution in [3.63, 3.8) is 0 Å². The van der Waals surface area contributed by atoms with Gasteiger partial charge in [0.25, 0.3) is 0 Å². The third-order valence-electron chi connectivity index (χ3n) is 2.26. The Morgan fingerprint density at radius 2 is 2.12 bits per heavy atom. The molecule has 16 heavy (non-hydrogen) atoms. The molecule has 0 aliphatic rings. The zero-order valence-corrected chi connectivity index (χ0v) is 9.58. The number of carbonyl (C=O) groups excluding carboxylic acids is 1. The van der Waals surface area contributed by atoms with E-state index in [2.05, 4.69) is 0 Å². The van der Waals surface area contributed by atoms with Gasteiger partial charge in [-0.3, -0.25) is 4.79 Å². The molecule has 0 atom stereocenters. The molecular formula is C12H15FO3. The van der Waals surface area contributed by atoms with Crippen LogP contribution in [0.25, 0.3) is 0 Å². The quantitative estimate of drug-likeness (QED) is 0.850. The largest absolute Gasteiger partial charge is 0.494 e. The number of halogens is 1. The zero-order chi connectivity index (χ0) is 12.3. The van der Waals surface area contributed by atoms with Gasteiger partial charge in [0.1, 0.15) is 5.60 Å². The van der Waals surface area contributed by atoms with Crippen LogP contribution >= 0.6 is 0 Å². The summed E-state index contributed by atoms with van der Waals surface area (Å²) in [5.41, 5.74) is -0.874. The van der Waals surface area contributed by atoms with E-state index in [0.29, 0.717) is 5.56 Å². The summed E-state index contributed by atoms with van der Waals surface area (Å²) in [6.45, 7) is 2.82. The van der Waals surface area contributed by atoms with Crippen LogP contribution in [0.4, 0.5) is 4.39 Å². The summed E-state index contributed by atoms with van der Waals surface area (Å²) in [7, 11) is 1.38. The first-order valence-electron chi connectivity index (χ1n) is 4.92. The first-order chi connectivity index (χ1) is 7.34. The average molecular weight is 226 g/mol. The molecule has 1 rings (SSSR count). The molecule has 0 radical (unpaired) electrons. The Hall–Kier alpha value is -1.42. The number of benzene rings is 1. The number of ketones is 1. The Labute approximate surface area is 93.9 Å². The smallest absolute Gasteiger partial charge is 0.168 e. The molecular weight excluding hydrogens is 211 g/mol. The molecule has 1 N–H and O–H groups in total. The van der Waals surface area contributed by atoms with Gasteiger partial charge in [-0.05, 0) is 31.5 Å². The molecule has 0 heterocycles. The van der Waals surface area contributed by atoms with Crippen LogP contribution in [0.1, 0.15) is 19.4 Å². The third-order valence-corrected chi connectivity index (χ3v) is 2.26. The number of Topliss-reactive ketones (excluding diaryl/α,β-unsaturated/α-hetero) is 1. The Balaban J connectivity index is 2.84. The fourth-order valence-electron chi connectivity index (χ4n) is 1.22. The SMILES string of the molecule is COc1ccc(CC(=O)C(C)(C)O)cc1F. The second-order valence-electron chi connectivity index (χ2n) is 4.13. The van der Waals surface area contributed by atoms with Crippen LogP contribution < -0.4 is 4.74 Å². The van der Waals surface area contributed by atoms with E-state index in [1.807, 2.05) is 0 Å². The Kier molecular flexibility index (Phi) is 3.65. The second-order valence-corrected chi connectivity index (χ2v) is 4.13. The Bertz CT molecular complexity index is 394. The van der Waals surface area contributed by atoms with Crippen molar-refractivity contribution in [3.8, 4) is 5.75 Å². The van der Waals surface area contributed by atoms with Gasteiger partial charge in [-0.2, -0.15) is 0 Å². The molecule has 0 saturated carbocycles. The second kappa shape index (κ2) is 4.61. The Morgan fingerprint density at radius 3 is 2.56 bits per heavy atom. The van der Waals surface area contributed by atoms with E-state index in [1.165, 1.54) is 33.1 Å². The zero-order valence-electron chi connectivity index (χ0n) is 9.58. The van der Waals surface area contributed by atoms with E-state index in [1.54, 1.807) is 6.07 Å². The predicted molar refractivity (Wildman–Crippen MR) is 58.0 cm³/mol. The molecule has 0 bridgehead atoms. The van der Waals surface area contributed by atoms with E-state index < -0.39 is 11.4 Å². The molecule has 4 heteroatoms. The van der Waals surface area contributed by atoms with Gasteiger partial charge in [0.15, 0.2) is 17.3 Å². The number of aliphatic hydroxyl groups is 1. The minimum Gasteiger partial charge on any atom is -0.494 e. The van der Waals surface area contributed by atoms with Crippen molar-refractivity contribution in [2.24, 2.45) is 0 Å². The minimum atomic E-state index is -1.39. The highest BCUT2D eigenvalue weighted by Crippen LogP contribution is 2.19. The summed E-state index contributed by atoms with van der Waals surface area (Å²) >= 11 is 0. The lowest BCUT2D eigenvalue weighted by Gasteiger charge is -2.15. The summed E-state index contributed by atoms with van der Waals surface area (Å²) < 4.78 is 18.1. The van der Waals surface area contributed by atoms with Gasteiger partial charge < -0.3 is 9.84 Å². The molecule has 0 aliphatic heterocycles. The van der Waals surface area contributed by atoms with Gasteiger partial charge in [0, 0.05) is 6.42 Å². The van der Waals surface area contributed by atoms with Crippen molar-refractivity contribution in [3.05, 3.63) is 29.6 Å². The van der Waals surface area contributed by atoms with Crippen molar-refractivity contribution in [1.29, 1.82) is 0 Å². The highest BCUT2D eigenvalue weighted by molar-refractivity contribution is 5.88. The average Bonchev–Trinajstić information content (AvgIpc) is 2.16. The molecule has 1 aromatic carbocycles. The monoisotopic (exact) mass is 226 g/mol. The molecule has 3 nitrogen and oxygen atoms in total. The maximum Gasteiger partial charge on any atom is 0.168 e. The number of hydrogen-bond donors (Lipinski definition) is 1. The number of carbonyl (C=O) groups is 1. The van der Waals surface area contributed by atoms with Gasteiger partial charge in [-0.15, -0.1) is 0 Å². The normalized spacial score (nSPS) is 11.3. The minimum absolute atomic E-state index is 0.00438. The standard InChI is InChI=1S/C12H15FO3/c1-12(2,15)11(14)7-8-4-5-10(16-3)9(13)6-8/h4-6,15H,7H2,1-3H3. The van der Waals surface area contributed by atoms with E-state index in [9.17, 15) is 14.3 Å². The van der Waals surface area contributed by atoms with Crippen molar-refractivity contribution >= 4 is 5.78 Å². The highest BCUT2D eigenvalue weighted by Gasteiger charge is 2.23. The number of ether oxygens (including phenoxy) is 1. The van der Waals surface area contributed by atoms with Gasteiger partial charge in [0.2, 0.25) is 0 Å². The van der Waals surface area contributed by atoms with Crippen LogP contribution in [-0.4, -0.2) is 23.6 Å². The fourth-order valence-corrected chi connectivity index (χ4v) is 1.22. The Morgan fingerprint density at radius 1 is 1.50 bits per heavy atom. The van der Waals surface area contributed by atoms with Crippen LogP contribution in [0.5, 0.6) is 5.75 Å². The predicted octanol–water partition coefficient (Wildman–Crippen LogP) is 1.72. The summed E-state index contributed by atoms with van der Waals surface area (Å²) in [4.78, 5) is 11.5. The van der Waals surface area contributed by atoms with E-state index >= 15 is 0 Å². The van der Waals surface area contributed by atoms with Gasteiger partial charge in [-0.25, -0.2) is 4.39 Å². The van der Waals surface area contributed by atoms with E-state index in [-0.39, 0.29) is 18.0 Å². The molecule has 0 fully saturated rings. The maximum atomic E-state index is 13.3. The van der Waals surface area contributed by atoms with E-state index in [0.717, 1.165) is 0 Å². The van der Waals surface area contributed by atoms with Crippen LogP contribution in [0, 0.1) is 5.82 Å². The summed E-state index contributed by atoms with van der Waals surface area (Å²) in [6, 6.07) is 4.30. The molecule has 0 aliphatic carbocycles. The highest BCUT2D eigenvalue weighted by atomic mass is 19.1. The van der Waals surface area contributed by atoms with Gasteiger partial charge in [-0.1, -0.05) is 6.07 Å². The lowest BCUT2D eigenvalue weighted by molar-refractivity contribution is -0.133. The number of hydrogen-bond acceptors (Lipinski definition) is 3. The molecule has 0 amide bonds. The lowest BCUT2D eigenvalue weighted by Crippen LogP contribution is -2.32. The number of methoxy groups -OCH3 is 1. The lowest BCUT2D eigenvalue weighted by atomic mass is 9.97. The molecule has 0 saturated heterocycles. The third kappa shape index (κ3) is 3.03. The number of rotatable bonds is 4. The van der Waals surface area contributed by atoms with Crippen molar-refractivity contribution in [2.45, 2.75) is 25.9 Å². The van der Waals surface area contributed by atoms with Crippen molar-refractivity contribution in [2.75, 3.05) is 7.11 Å². The fraction of sp³-hybridized carbons (Fsp3) is 0.417. The summed E-state index contributed by atoms with van der Waals surface area (Å²) in [5.74, 6) is -0.722. The van der Waals surface area contributed by atoms with Gasteiger partial charge >= 0.3 is 0 Å². The molecule has 88 valence electrons. The summed E-state index contributed by atoms with van der Waals surface area (Å²) in [6.07, 6.45) is 0.00438. The van der Waals surface area contributed by atoms with Crippen molar-refractivity contribution in [1.82, 2.24) is 0 Å². The maximum absolute atomic E-state index is 13.3. The van der Waals surface area contributed by atoms with Crippen LogP contribution in [0.15, 0.2) is 18.2 Å². The van der Waals surface area contributed by atoms with Crippen molar-refractivity contribution < 1.29 is 19.0 Å². The molecule has 0 spiro atoms. The van der Waals surface area contributed by atoms with Crippen LogP contribution in [-0.2, 0) is 11.2 Å². The first-order valence-corrected chi connectivity index (χ1v) is 4.92. The molecule has 1 aromatic rings. The topological polar surface area (TPSA) is 46.5 Å².